The van der Waals surface area contributed by atoms with E-state index >= 15 is 0 Å². The van der Waals surface area contributed by atoms with E-state index in [4.69, 9.17) is 11.1 Å². The van der Waals surface area contributed by atoms with Crippen LogP contribution < -0.4 is 5.73 Å². The van der Waals surface area contributed by atoms with Gasteiger partial charge in [-0.1, -0.05) is 49.6 Å². The largest absolute Gasteiger partial charge is 0.388 e. The first-order chi connectivity index (χ1) is 9.18. The van der Waals surface area contributed by atoms with Crippen molar-refractivity contribution in [2.24, 2.45) is 5.73 Å². The van der Waals surface area contributed by atoms with Crippen molar-refractivity contribution in [1.29, 1.82) is 5.41 Å². The second kappa shape index (κ2) is 6.71. The molecular formula is C16H25N3. The fourth-order valence-electron chi connectivity index (χ4n) is 3.12. The Morgan fingerprint density at radius 1 is 1.26 bits per heavy atom. The molecule has 0 spiro atoms. The average molecular weight is 259 g/mol. The summed E-state index contributed by atoms with van der Waals surface area (Å²) >= 11 is 0. The van der Waals surface area contributed by atoms with E-state index in [-0.39, 0.29) is 11.9 Å². The molecule has 1 unspecified atom stereocenters. The Morgan fingerprint density at radius 2 is 1.89 bits per heavy atom. The van der Waals surface area contributed by atoms with Crippen LogP contribution in [0.15, 0.2) is 30.3 Å². The lowest BCUT2D eigenvalue weighted by Crippen LogP contribution is -2.38. The van der Waals surface area contributed by atoms with E-state index in [1.807, 2.05) is 6.07 Å². The number of nitrogens with one attached hydrogen (secondary N) is 1. The molecule has 104 valence electrons. The Morgan fingerprint density at radius 3 is 2.47 bits per heavy atom. The van der Waals surface area contributed by atoms with Crippen LogP contribution in [0.4, 0.5) is 0 Å². The average Bonchev–Trinajstić information content (AvgIpc) is 2.46. The molecule has 0 radical (unpaired) electrons. The summed E-state index contributed by atoms with van der Waals surface area (Å²) in [5.74, 6) is 0.275. The van der Waals surface area contributed by atoms with Crippen molar-refractivity contribution in [3.8, 4) is 0 Å². The molecular weight excluding hydrogens is 234 g/mol. The molecule has 0 aliphatic heterocycles. The van der Waals surface area contributed by atoms with Gasteiger partial charge in [0.25, 0.3) is 0 Å². The molecule has 1 fully saturated rings. The third-order valence-corrected chi connectivity index (χ3v) is 4.24. The predicted octanol–water partition coefficient (Wildman–Crippen LogP) is 3.32. The molecule has 1 atom stereocenters. The van der Waals surface area contributed by atoms with E-state index in [2.05, 4.69) is 36.2 Å². The van der Waals surface area contributed by atoms with E-state index in [9.17, 15) is 0 Å². The molecule has 19 heavy (non-hydrogen) atoms. The summed E-state index contributed by atoms with van der Waals surface area (Å²) in [6.45, 7) is 0. The minimum atomic E-state index is 0.238. The Hall–Kier alpha value is -1.35. The molecule has 3 heteroatoms. The lowest BCUT2D eigenvalue weighted by atomic mass is 9.91. The molecule has 0 bridgehead atoms. The monoisotopic (exact) mass is 259 g/mol. The maximum atomic E-state index is 7.63. The van der Waals surface area contributed by atoms with E-state index < -0.39 is 0 Å². The smallest absolute Gasteiger partial charge is 0.0924 e. The second-order valence-electron chi connectivity index (χ2n) is 5.61. The van der Waals surface area contributed by atoms with Crippen LogP contribution in [-0.4, -0.2) is 23.8 Å². The quantitative estimate of drug-likeness (QED) is 0.629. The number of hydrogen-bond donors (Lipinski definition) is 2. The molecule has 0 amide bonds. The van der Waals surface area contributed by atoms with Crippen molar-refractivity contribution in [1.82, 2.24) is 4.90 Å². The number of nitrogens with two attached hydrogens (primary N) is 1. The van der Waals surface area contributed by atoms with Gasteiger partial charge in [0.1, 0.15) is 0 Å². The van der Waals surface area contributed by atoms with Crippen LogP contribution in [0.25, 0.3) is 0 Å². The fourth-order valence-corrected chi connectivity index (χ4v) is 3.12. The van der Waals surface area contributed by atoms with Gasteiger partial charge in [0.15, 0.2) is 0 Å². The van der Waals surface area contributed by atoms with Crippen LogP contribution >= 0.6 is 0 Å². The lowest BCUT2D eigenvalue weighted by molar-refractivity contribution is 0.140. The third kappa shape index (κ3) is 3.80. The third-order valence-electron chi connectivity index (χ3n) is 4.24. The van der Waals surface area contributed by atoms with E-state index in [0.29, 0.717) is 12.5 Å². The first-order valence-corrected chi connectivity index (χ1v) is 7.28. The summed E-state index contributed by atoms with van der Waals surface area (Å²) in [7, 11) is 2.19. The lowest BCUT2D eigenvalue weighted by Gasteiger charge is -2.37. The van der Waals surface area contributed by atoms with Gasteiger partial charge in [0, 0.05) is 18.5 Å². The normalized spacial score (nSPS) is 18.4. The zero-order valence-electron chi connectivity index (χ0n) is 11.8. The Kier molecular flexibility index (Phi) is 4.97. The van der Waals surface area contributed by atoms with Gasteiger partial charge in [-0.2, -0.15) is 0 Å². The van der Waals surface area contributed by atoms with Gasteiger partial charge in [-0.05, 0) is 25.5 Å². The Bertz CT molecular complexity index is 396. The SMILES string of the molecule is CN(C1CCCCC1)C(CC(=N)N)c1ccccc1. The van der Waals surface area contributed by atoms with Crippen LogP contribution in [0.3, 0.4) is 0 Å². The highest BCUT2D eigenvalue weighted by atomic mass is 15.2. The highest BCUT2D eigenvalue weighted by Crippen LogP contribution is 2.30. The minimum Gasteiger partial charge on any atom is -0.388 e. The van der Waals surface area contributed by atoms with Crippen molar-refractivity contribution in [3.63, 3.8) is 0 Å². The second-order valence-corrected chi connectivity index (χ2v) is 5.61. The molecule has 0 aromatic heterocycles. The number of rotatable bonds is 5. The number of hydrogen-bond acceptors (Lipinski definition) is 2. The van der Waals surface area contributed by atoms with Gasteiger partial charge >= 0.3 is 0 Å². The van der Waals surface area contributed by atoms with Gasteiger partial charge in [0.05, 0.1) is 5.84 Å². The molecule has 1 saturated carbocycles. The van der Waals surface area contributed by atoms with Crippen LogP contribution in [0, 0.1) is 5.41 Å². The molecule has 1 aromatic carbocycles. The predicted molar refractivity (Wildman–Crippen MR) is 80.4 cm³/mol. The van der Waals surface area contributed by atoms with Crippen molar-refractivity contribution >= 4 is 5.84 Å². The minimum absolute atomic E-state index is 0.238. The topological polar surface area (TPSA) is 53.1 Å². The number of nitrogens with zero attached hydrogens (tertiary/aromatic N) is 1. The summed E-state index contributed by atoms with van der Waals surface area (Å²) in [6, 6.07) is 11.3. The summed E-state index contributed by atoms with van der Waals surface area (Å²) < 4.78 is 0. The van der Waals surface area contributed by atoms with E-state index in [1.54, 1.807) is 0 Å². The summed E-state index contributed by atoms with van der Waals surface area (Å²) in [4.78, 5) is 2.44. The van der Waals surface area contributed by atoms with Crippen LogP contribution in [0.5, 0.6) is 0 Å². The summed E-state index contributed by atoms with van der Waals surface area (Å²) in [6.07, 6.45) is 7.20. The van der Waals surface area contributed by atoms with Gasteiger partial charge in [0.2, 0.25) is 0 Å². The fraction of sp³-hybridized carbons (Fsp3) is 0.562. The van der Waals surface area contributed by atoms with Crippen molar-refractivity contribution in [2.45, 2.75) is 50.6 Å². The molecule has 0 saturated heterocycles. The van der Waals surface area contributed by atoms with E-state index in [0.717, 1.165) is 0 Å². The summed E-state index contributed by atoms with van der Waals surface area (Å²) in [5.41, 5.74) is 6.92. The molecule has 2 rings (SSSR count). The summed E-state index contributed by atoms with van der Waals surface area (Å²) in [5, 5.41) is 7.63. The molecule has 0 heterocycles. The Labute approximate surface area is 116 Å². The van der Waals surface area contributed by atoms with Gasteiger partial charge in [-0.15, -0.1) is 0 Å². The maximum absolute atomic E-state index is 7.63. The number of benzene rings is 1. The first-order valence-electron chi connectivity index (χ1n) is 7.28. The first kappa shape index (κ1) is 14.1. The highest BCUT2D eigenvalue weighted by Gasteiger charge is 2.25. The molecule has 1 aromatic rings. The van der Waals surface area contributed by atoms with Crippen molar-refractivity contribution in [3.05, 3.63) is 35.9 Å². The highest BCUT2D eigenvalue weighted by molar-refractivity contribution is 5.77. The molecule has 3 nitrogen and oxygen atoms in total. The molecule has 1 aliphatic carbocycles. The van der Waals surface area contributed by atoms with Gasteiger partial charge in [-0.25, -0.2) is 0 Å². The van der Waals surface area contributed by atoms with Gasteiger partial charge < -0.3 is 5.73 Å². The van der Waals surface area contributed by atoms with Crippen molar-refractivity contribution in [2.75, 3.05) is 7.05 Å². The number of amidine groups is 1. The van der Waals surface area contributed by atoms with Crippen LogP contribution in [0.2, 0.25) is 0 Å². The van der Waals surface area contributed by atoms with Crippen LogP contribution in [0.1, 0.15) is 50.1 Å². The van der Waals surface area contributed by atoms with Crippen molar-refractivity contribution < 1.29 is 0 Å². The maximum Gasteiger partial charge on any atom is 0.0924 e. The zero-order valence-corrected chi connectivity index (χ0v) is 11.8. The molecule has 3 N–H and O–H groups in total. The zero-order chi connectivity index (χ0) is 13.7. The van der Waals surface area contributed by atoms with Crippen LogP contribution in [-0.2, 0) is 0 Å². The van der Waals surface area contributed by atoms with Gasteiger partial charge in [-0.3, -0.25) is 10.3 Å². The molecule has 1 aliphatic rings. The standard InChI is InChI=1S/C16H25N3/c1-19(14-10-6-3-7-11-14)15(12-16(17)18)13-8-4-2-5-9-13/h2,4-5,8-9,14-15H,3,6-7,10-12H2,1H3,(H3,17,18). The Balaban J connectivity index is 2.14. The van der Waals surface area contributed by atoms with E-state index in [1.165, 1.54) is 37.7 Å².